The van der Waals surface area contributed by atoms with Gasteiger partial charge >= 0.3 is 0 Å². The van der Waals surface area contributed by atoms with Crippen LogP contribution in [0.3, 0.4) is 0 Å². The first kappa shape index (κ1) is 12.1. The standard InChI is InChI=1S/C12H20N4O/c1-13-7-6-12(15(3)14-2)16-10-4-5-11(16)9-17-8-10/h6-7,10-11H,2,4-5,8-9H2,1,3H3/b12-6+,13-7-. The number of ether oxygens (including phenoxy) is 1. The van der Waals surface area contributed by atoms with E-state index in [9.17, 15) is 0 Å². The van der Waals surface area contributed by atoms with Gasteiger partial charge in [0, 0.05) is 27.0 Å². The first-order valence-electron chi connectivity index (χ1n) is 5.96. The predicted molar refractivity (Wildman–Crippen MR) is 69.3 cm³/mol. The Bertz CT molecular complexity index is 323. The van der Waals surface area contributed by atoms with Crippen molar-refractivity contribution in [2.75, 3.05) is 27.3 Å². The molecule has 0 N–H and O–H groups in total. The number of hydrazone groups is 1. The molecule has 5 nitrogen and oxygen atoms in total. The third kappa shape index (κ3) is 2.34. The van der Waals surface area contributed by atoms with E-state index in [0.29, 0.717) is 12.1 Å². The Balaban J connectivity index is 2.23. The fraction of sp³-hybridized carbons (Fsp3) is 0.667. The maximum Gasteiger partial charge on any atom is 0.127 e. The van der Waals surface area contributed by atoms with Gasteiger partial charge in [0.05, 0.1) is 25.3 Å². The van der Waals surface area contributed by atoms with Crippen LogP contribution >= 0.6 is 0 Å². The van der Waals surface area contributed by atoms with Crippen molar-refractivity contribution in [3.8, 4) is 0 Å². The maximum absolute atomic E-state index is 5.59. The maximum atomic E-state index is 5.59. The molecule has 0 amide bonds. The van der Waals surface area contributed by atoms with Crippen molar-refractivity contribution < 1.29 is 4.74 Å². The minimum atomic E-state index is 0.467. The lowest BCUT2D eigenvalue weighted by Crippen LogP contribution is -2.47. The fourth-order valence-electron chi connectivity index (χ4n) is 2.58. The average Bonchev–Trinajstić information content (AvgIpc) is 2.60. The predicted octanol–water partition coefficient (Wildman–Crippen LogP) is 0.939. The molecule has 0 saturated carbocycles. The molecule has 2 aliphatic heterocycles. The molecule has 0 radical (unpaired) electrons. The number of rotatable bonds is 4. The van der Waals surface area contributed by atoms with Crippen LogP contribution in [0.15, 0.2) is 22.0 Å². The number of nitrogens with zero attached hydrogens (tertiary/aromatic N) is 4. The van der Waals surface area contributed by atoms with Crippen LogP contribution in [0.2, 0.25) is 0 Å². The lowest BCUT2D eigenvalue weighted by Gasteiger charge is -2.39. The van der Waals surface area contributed by atoms with Crippen molar-refractivity contribution in [1.29, 1.82) is 0 Å². The lowest BCUT2D eigenvalue weighted by atomic mass is 10.2. The largest absolute Gasteiger partial charge is 0.377 e. The molecular weight excluding hydrogens is 216 g/mol. The summed E-state index contributed by atoms with van der Waals surface area (Å²) < 4.78 is 5.59. The van der Waals surface area contributed by atoms with Gasteiger partial charge in [0.25, 0.3) is 0 Å². The number of hydrogen-bond acceptors (Lipinski definition) is 5. The van der Waals surface area contributed by atoms with Crippen molar-refractivity contribution >= 4 is 12.9 Å². The highest BCUT2D eigenvalue weighted by molar-refractivity contribution is 5.71. The van der Waals surface area contributed by atoms with Crippen LogP contribution in [0.4, 0.5) is 0 Å². The van der Waals surface area contributed by atoms with Gasteiger partial charge in [-0.3, -0.25) is 10.0 Å². The van der Waals surface area contributed by atoms with Gasteiger partial charge < -0.3 is 9.64 Å². The Morgan fingerprint density at radius 3 is 2.59 bits per heavy atom. The molecule has 0 aliphatic carbocycles. The fourth-order valence-corrected chi connectivity index (χ4v) is 2.58. The first-order chi connectivity index (χ1) is 8.27. The Kier molecular flexibility index (Phi) is 3.78. The zero-order valence-corrected chi connectivity index (χ0v) is 10.5. The summed E-state index contributed by atoms with van der Waals surface area (Å²) in [5, 5.41) is 5.79. The van der Waals surface area contributed by atoms with E-state index in [2.05, 4.69) is 21.7 Å². The van der Waals surface area contributed by atoms with E-state index in [0.717, 1.165) is 19.0 Å². The van der Waals surface area contributed by atoms with Crippen LogP contribution in [0.25, 0.3) is 0 Å². The minimum Gasteiger partial charge on any atom is -0.377 e. The van der Waals surface area contributed by atoms with Crippen molar-refractivity contribution in [3.63, 3.8) is 0 Å². The highest BCUT2D eigenvalue weighted by atomic mass is 16.5. The van der Waals surface area contributed by atoms with Crippen molar-refractivity contribution in [1.82, 2.24) is 9.91 Å². The normalized spacial score (nSPS) is 28.8. The average molecular weight is 236 g/mol. The first-order valence-corrected chi connectivity index (χ1v) is 5.96. The summed E-state index contributed by atoms with van der Waals surface area (Å²) in [5.41, 5.74) is 0. The van der Waals surface area contributed by atoms with Crippen LogP contribution < -0.4 is 0 Å². The van der Waals surface area contributed by atoms with E-state index >= 15 is 0 Å². The Hall–Kier alpha value is -1.36. The second-order valence-corrected chi connectivity index (χ2v) is 4.43. The van der Waals surface area contributed by atoms with Gasteiger partial charge in [0.15, 0.2) is 0 Å². The van der Waals surface area contributed by atoms with E-state index in [-0.39, 0.29) is 0 Å². The third-order valence-electron chi connectivity index (χ3n) is 3.42. The SMILES string of the molecule is C=NN(C)/C(=C\C=N/C)N1C2CCC1COC2. The molecule has 94 valence electrons. The summed E-state index contributed by atoms with van der Waals surface area (Å²) in [4.78, 5) is 6.41. The van der Waals surface area contributed by atoms with Gasteiger partial charge in [-0.2, -0.15) is 5.10 Å². The lowest BCUT2D eigenvalue weighted by molar-refractivity contribution is -0.00954. The van der Waals surface area contributed by atoms with E-state index < -0.39 is 0 Å². The highest BCUT2D eigenvalue weighted by Gasteiger charge is 2.39. The van der Waals surface area contributed by atoms with Crippen LogP contribution in [0, 0.1) is 0 Å². The monoisotopic (exact) mass is 236 g/mol. The second kappa shape index (κ2) is 5.31. The van der Waals surface area contributed by atoms with Crippen molar-refractivity contribution in [3.05, 3.63) is 11.9 Å². The van der Waals surface area contributed by atoms with Gasteiger partial charge in [0.2, 0.25) is 0 Å². The molecule has 0 aromatic rings. The van der Waals surface area contributed by atoms with Gasteiger partial charge in [-0.05, 0) is 18.9 Å². The van der Waals surface area contributed by atoms with Gasteiger partial charge in [-0.1, -0.05) is 0 Å². The number of aliphatic imine (C=N–C) groups is 1. The molecule has 2 saturated heterocycles. The topological polar surface area (TPSA) is 40.4 Å². The molecule has 17 heavy (non-hydrogen) atoms. The van der Waals surface area contributed by atoms with Crippen LogP contribution in [0.1, 0.15) is 12.8 Å². The summed E-state index contributed by atoms with van der Waals surface area (Å²) in [7, 11) is 3.68. The van der Waals surface area contributed by atoms with E-state index in [1.165, 1.54) is 12.8 Å². The molecular formula is C12H20N4O. The van der Waals surface area contributed by atoms with Gasteiger partial charge in [0.1, 0.15) is 5.82 Å². The summed E-state index contributed by atoms with van der Waals surface area (Å²) in [6, 6.07) is 0.934. The number of fused-ring (bicyclic) bond motifs is 2. The van der Waals surface area contributed by atoms with Gasteiger partial charge in [-0.15, -0.1) is 0 Å². The molecule has 0 aromatic carbocycles. The van der Waals surface area contributed by atoms with Crippen LogP contribution in [-0.4, -0.2) is 62.2 Å². The van der Waals surface area contributed by atoms with E-state index in [4.69, 9.17) is 4.74 Å². The number of hydrogen-bond donors (Lipinski definition) is 0. The summed E-state index contributed by atoms with van der Waals surface area (Å²) >= 11 is 0. The molecule has 2 atom stereocenters. The van der Waals surface area contributed by atoms with Crippen molar-refractivity contribution in [2.24, 2.45) is 10.1 Å². The van der Waals surface area contributed by atoms with Crippen LogP contribution in [0.5, 0.6) is 0 Å². The zero-order valence-electron chi connectivity index (χ0n) is 10.5. The molecule has 0 spiro atoms. The highest BCUT2D eigenvalue weighted by Crippen LogP contribution is 2.33. The summed E-state index contributed by atoms with van der Waals surface area (Å²) in [6.07, 6.45) is 6.17. The summed E-state index contributed by atoms with van der Waals surface area (Å²) in [6.45, 7) is 5.20. The quantitative estimate of drug-likeness (QED) is 0.539. The Morgan fingerprint density at radius 1 is 1.41 bits per heavy atom. The molecule has 2 aliphatic rings. The number of morpholine rings is 1. The summed E-state index contributed by atoms with van der Waals surface area (Å²) in [5.74, 6) is 1.06. The third-order valence-corrected chi connectivity index (χ3v) is 3.42. The molecule has 2 rings (SSSR count). The molecule has 2 heterocycles. The smallest absolute Gasteiger partial charge is 0.127 e. The second-order valence-electron chi connectivity index (χ2n) is 4.43. The molecule has 2 fully saturated rings. The van der Waals surface area contributed by atoms with E-state index in [1.54, 1.807) is 18.3 Å². The van der Waals surface area contributed by atoms with Gasteiger partial charge in [-0.25, -0.2) is 0 Å². The molecule has 0 aromatic heterocycles. The van der Waals surface area contributed by atoms with Crippen LogP contribution in [-0.2, 0) is 4.74 Å². The van der Waals surface area contributed by atoms with E-state index in [1.807, 2.05) is 13.1 Å². The zero-order chi connectivity index (χ0) is 12.3. The minimum absolute atomic E-state index is 0.467. The Morgan fingerprint density at radius 2 is 2.06 bits per heavy atom. The molecule has 2 unspecified atom stereocenters. The van der Waals surface area contributed by atoms with Crippen molar-refractivity contribution in [2.45, 2.75) is 24.9 Å². The number of allylic oxidation sites excluding steroid dienone is 1. The molecule has 5 heteroatoms. The molecule has 2 bridgehead atoms. The Labute approximate surface area is 102 Å².